The molecule has 2 aromatic carbocycles. The number of carbonyl (C=O) groups excluding carboxylic acids is 1. The maximum Gasteiger partial charge on any atom is 0.341 e. The van der Waals surface area contributed by atoms with Crippen molar-refractivity contribution in [1.29, 1.82) is 0 Å². The second-order valence-corrected chi connectivity index (χ2v) is 6.75. The van der Waals surface area contributed by atoms with E-state index in [1.54, 1.807) is 28.7 Å². The van der Waals surface area contributed by atoms with Crippen molar-refractivity contribution in [3.63, 3.8) is 0 Å². The van der Waals surface area contributed by atoms with E-state index in [1.165, 1.54) is 18.2 Å². The summed E-state index contributed by atoms with van der Waals surface area (Å²) in [5.74, 6) is -0.432. The number of benzene rings is 2. The first-order chi connectivity index (χ1) is 12.7. The predicted octanol–water partition coefficient (Wildman–Crippen LogP) is 4.33. The highest BCUT2D eigenvalue weighted by molar-refractivity contribution is 7.99. The number of ether oxygens (including phenoxy) is 1. The molecule has 0 bridgehead atoms. The van der Waals surface area contributed by atoms with Gasteiger partial charge in [0.2, 0.25) is 0 Å². The number of nitrogens with zero attached hydrogens (tertiary/aromatic N) is 3. The Morgan fingerprint density at radius 2 is 1.73 bits per heavy atom. The van der Waals surface area contributed by atoms with Crippen LogP contribution in [0.3, 0.4) is 0 Å². The van der Waals surface area contributed by atoms with E-state index in [0.717, 1.165) is 16.0 Å². The summed E-state index contributed by atoms with van der Waals surface area (Å²) >= 11 is 1.72. The highest BCUT2D eigenvalue weighted by Gasteiger charge is 2.12. The lowest BCUT2D eigenvalue weighted by Crippen LogP contribution is -2.04. The third-order valence-electron chi connectivity index (χ3n) is 3.92. The zero-order valence-corrected chi connectivity index (χ0v) is 14.8. The quantitative estimate of drug-likeness (QED) is 0.506. The van der Waals surface area contributed by atoms with Gasteiger partial charge < -0.3 is 4.74 Å². The molecule has 5 nitrogen and oxygen atoms in total. The van der Waals surface area contributed by atoms with Crippen LogP contribution in [0.15, 0.2) is 83.0 Å². The van der Waals surface area contributed by atoms with E-state index < -0.39 is 5.97 Å². The zero-order valence-electron chi connectivity index (χ0n) is 14.0. The third-order valence-corrected chi connectivity index (χ3v) is 4.94. The number of aromatic nitrogens is 3. The Morgan fingerprint density at radius 1 is 1.00 bits per heavy atom. The number of methoxy groups -OCH3 is 1. The van der Waals surface area contributed by atoms with Crippen molar-refractivity contribution in [3.8, 4) is 11.1 Å². The van der Waals surface area contributed by atoms with E-state index in [2.05, 4.69) is 46.5 Å². The number of hydrogen-bond acceptors (Lipinski definition) is 5. The standard InChI is InChI=1S/C20H15N3O2S/c1-25-20(24)15-11-21-19-18(12-22-23(19)13-15)14-7-9-17(10-8-14)26-16-5-3-2-4-6-16/h2-13H,1H3. The van der Waals surface area contributed by atoms with Gasteiger partial charge in [-0.25, -0.2) is 14.3 Å². The lowest BCUT2D eigenvalue weighted by Gasteiger charge is -2.04. The molecule has 0 atom stereocenters. The molecule has 0 spiro atoms. The van der Waals surface area contributed by atoms with Gasteiger partial charge in [0, 0.05) is 27.7 Å². The van der Waals surface area contributed by atoms with Gasteiger partial charge in [0.05, 0.1) is 18.9 Å². The van der Waals surface area contributed by atoms with Gasteiger partial charge >= 0.3 is 5.97 Å². The molecule has 0 saturated heterocycles. The van der Waals surface area contributed by atoms with Crippen LogP contribution in [0.1, 0.15) is 10.4 Å². The molecule has 0 aliphatic rings. The molecule has 4 rings (SSSR count). The second-order valence-electron chi connectivity index (χ2n) is 5.60. The Balaban J connectivity index is 1.62. The van der Waals surface area contributed by atoms with Gasteiger partial charge in [-0.3, -0.25) is 0 Å². The molecule has 0 fully saturated rings. The van der Waals surface area contributed by atoms with E-state index >= 15 is 0 Å². The lowest BCUT2D eigenvalue weighted by atomic mass is 10.1. The van der Waals surface area contributed by atoms with Crippen molar-refractivity contribution in [2.75, 3.05) is 7.11 Å². The normalized spacial score (nSPS) is 10.8. The van der Waals surface area contributed by atoms with Crippen LogP contribution in [0.5, 0.6) is 0 Å². The Bertz CT molecular complexity index is 1060. The van der Waals surface area contributed by atoms with E-state index in [0.29, 0.717) is 11.2 Å². The van der Waals surface area contributed by atoms with Gasteiger partial charge in [-0.15, -0.1) is 0 Å². The number of carbonyl (C=O) groups is 1. The molecule has 2 heterocycles. The summed E-state index contributed by atoms with van der Waals surface area (Å²) in [6.07, 6.45) is 4.88. The highest BCUT2D eigenvalue weighted by atomic mass is 32.2. The molecule has 128 valence electrons. The average Bonchev–Trinajstić information content (AvgIpc) is 3.12. The SMILES string of the molecule is COC(=O)c1cnc2c(-c3ccc(Sc4ccccc4)cc3)cnn2c1. The molecule has 26 heavy (non-hydrogen) atoms. The van der Waals surface area contributed by atoms with Crippen LogP contribution in [0.2, 0.25) is 0 Å². The number of hydrogen-bond donors (Lipinski definition) is 0. The minimum absolute atomic E-state index is 0.365. The highest BCUT2D eigenvalue weighted by Crippen LogP contribution is 2.30. The molecule has 0 amide bonds. The second kappa shape index (κ2) is 7.01. The summed E-state index contributed by atoms with van der Waals surface area (Å²) in [5.41, 5.74) is 3.00. The zero-order chi connectivity index (χ0) is 17.9. The van der Waals surface area contributed by atoms with Gasteiger partial charge in [0.25, 0.3) is 0 Å². The summed E-state index contributed by atoms with van der Waals surface area (Å²) in [5, 5.41) is 4.30. The monoisotopic (exact) mass is 361 g/mol. The molecular weight excluding hydrogens is 346 g/mol. The first-order valence-electron chi connectivity index (χ1n) is 7.99. The fourth-order valence-electron chi connectivity index (χ4n) is 2.63. The molecule has 0 radical (unpaired) electrons. The van der Waals surface area contributed by atoms with Crippen LogP contribution < -0.4 is 0 Å². The molecule has 0 aliphatic heterocycles. The summed E-state index contributed by atoms with van der Waals surface area (Å²) in [6.45, 7) is 0. The molecule has 4 aromatic rings. The molecule has 6 heteroatoms. The maximum atomic E-state index is 11.6. The van der Waals surface area contributed by atoms with E-state index in [-0.39, 0.29) is 0 Å². The minimum Gasteiger partial charge on any atom is -0.465 e. The number of rotatable bonds is 4. The van der Waals surface area contributed by atoms with Crippen LogP contribution in [0, 0.1) is 0 Å². The predicted molar refractivity (Wildman–Crippen MR) is 100 cm³/mol. The summed E-state index contributed by atoms with van der Waals surface area (Å²) in [7, 11) is 1.34. The maximum absolute atomic E-state index is 11.6. The fraction of sp³-hybridized carbons (Fsp3) is 0.0500. The van der Waals surface area contributed by atoms with Crippen LogP contribution in [-0.4, -0.2) is 27.7 Å². The van der Waals surface area contributed by atoms with Gasteiger partial charge in [-0.2, -0.15) is 5.10 Å². The molecule has 0 saturated carbocycles. The topological polar surface area (TPSA) is 56.5 Å². The van der Waals surface area contributed by atoms with Gasteiger partial charge in [-0.05, 0) is 29.8 Å². The fourth-order valence-corrected chi connectivity index (χ4v) is 3.47. The van der Waals surface area contributed by atoms with Crippen molar-refractivity contribution < 1.29 is 9.53 Å². The molecule has 0 N–H and O–H groups in total. The number of fused-ring (bicyclic) bond motifs is 1. The first kappa shape index (κ1) is 16.4. The van der Waals surface area contributed by atoms with Crippen LogP contribution in [-0.2, 0) is 4.74 Å². The van der Waals surface area contributed by atoms with Crippen LogP contribution >= 0.6 is 11.8 Å². The van der Waals surface area contributed by atoms with Crippen molar-refractivity contribution in [2.24, 2.45) is 0 Å². The van der Waals surface area contributed by atoms with Gasteiger partial charge in [-0.1, -0.05) is 42.1 Å². The largest absolute Gasteiger partial charge is 0.465 e. The lowest BCUT2D eigenvalue weighted by molar-refractivity contribution is 0.0599. The first-order valence-corrected chi connectivity index (χ1v) is 8.81. The Hall–Kier alpha value is -3.12. The van der Waals surface area contributed by atoms with E-state index in [1.807, 2.05) is 18.2 Å². The summed E-state index contributed by atoms with van der Waals surface area (Å²) in [6, 6.07) is 18.5. The van der Waals surface area contributed by atoms with Crippen molar-refractivity contribution in [3.05, 3.63) is 78.8 Å². The van der Waals surface area contributed by atoms with Gasteiger partial charge in [0.15, 0.2) is 5.65 Å². The minimum atomic E-state index is -0.432. The van der Waals surface area contributed by atoms with Gasteiger partial charge in [0.1, 0.15) is 0 Å². The number of esters is 1. The van der Waals surface area contributed by atoms with Crippen LogP contribution in [0.4, 0.5) is 0 Å². The average molecular weight is 361 g/mol. The molecule has 0 aliphatic carbocycles. The smallest absolute Gasteiger partial charge is 0.341 e. The Labute approximate surface area is 154 Å². The third kappa shape index (κ3) is 3.19. The van der Waals surface area contributed by atoms with Crippen molar-refractivity contribution in [2.45, 2.75) is 9.79 Å². The van der Waals surface area contributed by atoms with Crippen molar-refractivity contribution in [1.82, 2.24) is 14.6 Å². The molecular formula is C20H15N3O2S. The summed E-state index contributed by atoms with van der Waals surface area (Å²) in [4.78, 5) is 18.4. The molecule has 0 unspecified atom stereocenters. The Morgan fingerprint density at radius 3 is 2.46 bits per heavy atom. The van der Waals surface area contributed by atoms with E-state index in [9.17, 15) is 4.79 Å². The van der Waals surface area contributed by atoms with Crippen LogP contribution in [0.25, 0.3) is 16.8 Å². The van der Waals surface area contributed by atoms with Crippen molar-refractivity contribution >= 4 is 23.4 Å². The van der Waals surface area contributed by atoms with E-state index in [4.69, 9.17) is 4.74 Å². The summed E-state index contributed by atoms with van der Waals surface area (Å²) < 4.78 is 6.31. The molecule has 2 aromatic heterocycles. The Kier molecular flexibility index (Phi) is 4.41.